The first-order chi connectivity index (χ1) is 16.6. The van der Waals surface area contributed by atoms with Crippen molar-refractivity contribution < 1.29 is 14.3 Å². The van der Waals surface area contributed by atoms with Crippen molar-refractivity contribution in [1.29, 1.82) is 0 Å². The van der Waals surface area contributed by atoms with Gasteiger partial charge in [0.05, 0.1) is 6.61 Å². The van der Waals surface area contributed by atoms with Gasteiger partial charge in [-0.25, -0.2) is 4.98 Å². The molecule has 0 spiro atoms. The zero-order valence-electron chi connectivity index (χ0n) is 19.8. The number of nitrogens with zero attached hydrogens (tertiary/aromatic N) is 2. The molecule has 1 fully saturated rings. The number of rotatable bonds is 7. The maximum atomic E-state index is 11.8. The van der Waals surface area contributed by atoms with Crippen LogP contribution in [0.4, 0.5) is 5.82 Å². The van der Waals surface area contributed by atoms with Crippen LogP contribution >= 0.6 is 0 Å². The maximum Gasteiger partial charge on any atom is 0.150 e. The summed E-state index contributed by atoms with van der Waals surface area (Å²) in [5, 5.41) is 0. The molecule has 0 N–H and O–H groups in total. The van der Waals surface area contributed by atoms with Crippen LogP contribution < -0.4 is 9.64 Å². The van der Waals surface area contributed by atoms with Gasteiger partial charge in [0, 0.05) is 49.7 Å². The second-order valence-electron chi connectivity index (χ2n) is 8.68. The molecule has 0 bridgehead atoms. The number of benzene rings is 2. The van der Waals surface area contributed by atoms with E-state index in [4.69, 9.17) is 9.47 Å². The van der Waals surface area contributed by atoms with Gasteiger partial charge in [-0.3, -0.25) is 4.79 Å². The topological polar surface area (TPSA) is 51.7 Å². The fraction of sp³-hybridized carbons (Fsp3) is 0.310. The molecule has 0 atom stereocenters. The van der Waals surface area contributed by atoms with Crippen LogP contribution in [0.25, 0.3) is 0 Å². The third-order valence-corrected chi connectivity index (χ3v) is 6.02. The number of anilines is 1. The summed E-state index contributed by atoms with van der Waals surface area (Å²) in [6.07, 6.45) is 4.73. The number of carbonyl (C=O) groups excluding carboxylic acids is 1. The monoisotopic (exact) mass is 454 g/mol. The van der Waals surface area contributed by atoms with Crippen molar-refractivity contribution in [2.75, 3.05) is 31.8 Å². The molecule has 0 radical (unpaired) electrons. The van der Waals surface area contributed by atoms with E-state index in [1.165, 1.54) is 0 Å². The minimum atomic E-state index is 0.508. The molecule has 1 aliphatic rings. The van der Waals surface area contributed by atoms with Crippen LogP contribution in [0.3, 0.4) is 0 Å². The van der Waals surface area contributed by atoms with Gasteiger partial charge in [0.2, 0.25) is 0 Å². The van der Waals surface area contributed by atoms with Gasteiger partial charge in [-0.2, -0.15) is 0 Å². The molecule has 4 rings (SSSR count). The van der Waals surface area contributed by atoms with E-state index in [-0.39, 0.29) is 0 Å². The molecule has 5 nitrogen and oxygen atoms in total. The van der Waals surface area contributed by atoms with Crippen LogP contribution in [-0.4, -0.2) is 38.1 Å². The Hall–Kier alpha value is -3.62. The fourth-order valence-corrected chi connectivity index (χ4v) is 4.08. The summed E-state index contributed by atoms with van der Waals surface area (Å²) in [5.74, 6) is 8.45. The Labute approximate surface area is 201 Å². The van der Waals surface area contributed by atoms with E-state index in [9.17, 15) is 4.79 Å². The molecule has 3 aromatic rings. The van der Waals surface area contributed by atoms with Crippen molar-refractivity contribution in [2.45, 2.75) is 26.3 Å². The summed E-state index contributed by atoms with van der Waals surface area (Å²) >= 11 is 0. The average Bonchev–Trinajstić information content (AvgIpc) is 2.88. The lowest BCUT2D eigenvalue weighted by atomic mass is 10.0. The average molecular weight is 455 g/mol. The smallest absolute Gasteiger partial charge is 0.150 e. The Kier molecular flexibility index (Phi) is 7.95. The van der Waals surface area contributed by atoms with Crippen molar-refractivity contribution in [3.05, 3.63) is 88.6 Å². The maximum absolute atomic E-state index is 11.8. The van der Waals surface area contributed by atoms with E-state index in [1.54, 1.807) is 6.20 Å². The number of pyridine rings is 1. The SMILES string of the molecule is Cc1cc(C#Cc2ccccc2)cnc1N(C)Cc1ccc(OCC2CCOCC2)cc1C=O. The molecule has 174 valence electrons. The fourth-order valence-electron chi connectivity index (χ4n) is 4.08. The summed E-state index contributed by atoms with van der Waals surface area (Å²) in [5.41, 5.74) is 4.46. The summed E-state index contributed by atoms with van der Waals surface area (Å²) in [6, 6.07) is 17.7. The van der Waals surface area contributed by atoms with E-state index in [1.807, 2.05) is 68.6 Å². The quantitative estimate of drug-likeness (QED) is 0.370. The van der Waals surface area contributed by atoms with Crippen LogP contribution in [-0.2, 0) is 11.3 Å². The van der Waals surface area contributed by atoms with Gasteiger partial charge in [0.1, 0.15) is 11.6 Å². The zero-order chi connectivity index (χ0) is 23.8. The predicted octanol–water partition coefficient (Wildman–Crippen LogP) is 5.04. The number of ether oxygens (including phenoxy) is 2. The molecular weight excluding hydrogens is 424 g/mol. The molecular formula is C29H30N2O3. The zero-order valence-corrected chi connectivity index (χ0v) is 19.8. The Balaban J connectivity index is 1.41. The Morgan fingerprint density at radius 2 is 1.85 bits per heavy atom. The lowest BCUT2D eigenvalue weighted by molar-refractivity contribution is 0.0497. The second kappa shape index (κ2) is 11.5. The molecule has 0 saturated carbocycles. The van der Waals surface area contributed by atoms with Gasteiger partial charge in [0.25, 0.3) is 0 Å². The van der Waals surface area contributed by atoms with Crippen LogP contribution in [0.1, 0.15) is 45.5 Å². The van der Waals surface area contributed by atoms with E-state index in [0.717, 1.165) is 66.2 Å². The van der Waals surface area contributed by atoms with Gasteiger partial charge in [-0.1, -0.05) is 36.1 Å². The van der Waals surface area contributed by atoms with Crippen LogP contribution in [0.5, 0.6) is 5.75 Å². The first kappa shape index (κ1) is 23.5. The van der Waals surface area contributed by atoms with Gasteiger partial charge >= 0.3 is 0 Å². The first-order valence-corrected chi connectivity index (χ1v) is 11.7. The molecule has 2 aromatic carbocycles. The van der Waals surface area contributed by atoms with Gasteiger partial charge in [-0.05, 0) is 67.1 Å². The van der Waals surface area contributed by atoms with Crippen LogP contribution in [0.2, 0.25) is 0 Å². The highest BCUT2D eigenvalue weighted by atomic mass is 16.5. The van der Waals surface area contributed by atoms with Crippen molar-refractivity contribution in [1.82, 2.24) is 4.98 Å². The highest BCUT2D eigenvalue weighted by Crippen LogP contribution is 2.23. The Morgan fingerprint density at radius 1 is 1.09 bits per heavy atom. The molecule has 1 aromatic heterocycles. The number of aryl methyl sites for hydroxylation is 1. The van der Waals surface area contributed by atoms with E-state index < -0.39 is 0 Å². The number of hydrogen-bond acceptors (Lipinski definition) is 5. The summed E-state index contributed by atoms with van der Waals surface area (Å²) < 4.78 is 11.4. The second-order valence-corrected chi connectivity index (χ2v) is 8.68. The van der Waals surface area contributed by atoms with Crippen molar-refractivity contribution in [2.24, 2.45) is 5.92 Å². The van der Waals surface area contributed by atoms with E-state index >= 15 is 0 Å². The first-order valence-electron chi connectivity index (χ1n) is 11.7. The Bertz CT molecular complexity index is 1170. The highest BCUT2D eigenvalue weighted by molar-refractivity contribution is 5.78. The largest absolute Gasteiger partial charge is 0.493 e. The molecule has 0 unspecified atom stereocenters. The number of carbonyl (C=O) groups is 1. The predicted molar refractivity (Wildman–Crippen MR) is 134 cm³/mol. The number of aldehydes is 1. The number of hydrogen-bond donors (Lipinski definition) is 0. The molecule has 5 heteroatoms. The molecule has 2 heterocycles. The third kappa shape index (κ3) is 6.24. The lowest BCUT2D eigenvalue weighted by Crippen LogP contribution is -2.21. The van der Waals surface area contributed by atoms with Gasteiger partial charge in [-0.15, -0.1) is 0 Å². The molecule has 1 saturated heterocycles. The number of aromatic nitrogens is 1. The van der Waals surface area contributed by atoms with Gasteiger partial charge < -0.3 is 14.4 Å². The molecule has 34 heavy (non-hydrogen) atoms. The van der Waals surface area contributed by atoms with Crippen molar-refractivity contribution in [3.8, 4) is 17.6 Å². The van der Waals surface area contributed by atoms with Gasteiger partial charge in [0.15, 0.2) is 6.29 Å². The minimum Gasteiger partial charge on any atom is -0.493 e. The lowest BCUT2D eigenvalue weighted by Gasteiger charge is -2.23. The Morgan fingerprint density at radius 3 is 2.59 bits per heavy atom. The molecule has 1 aliphatic heterocycles. The van der Waals surface area contributed by atoms with Crippen molar-refractivity contribution >= 4 is 12.1 Å². The van der Waals surface area contributed by atoms with Crippen LogP contribution in [0, 0.1) is 24.7 Å². The molecule has 0 amide bonds. The molecule has 0 aliphatic carbocycles. The minimum absolute atomic E-state index is 0.508. The van der Waals surface area contributed by atoms with Crippen LogP contribution in [0.15, 0.2) is 60.8 Å². The van der Waals surface area contributed by atoms with E-state index in [0.29, 0.717) is 24.6 Å². The standard InChI is InChI=1S/C29H30N2O3/c1-22-16-25(9-8-23-6-4-3-5-7-23)18-30-29(22)31(2)19-26-10-11-28(17-27(26)20-32)34-21-24-12-14-33-15-13-24/h3-7,10-11,16-18,20,24H,12-15,19,21H2,1-2H3. The highest BCUT2D eigenvalue weighted by Gasteiger charge is 2.15. The summed E-state index contributed by atoms with van der Waals surface area (Å²) in [4.78, 5) is 18.5. The van der Waals surface area contributed by atoms with Crippen molar-refractivity contribution in [3.63, 3.8) is 0 Å². The summed E-state index contributed by atoms with van der Waals surface area (Å²) in [6.45, 7) is 4.85. The van der Waals surface area contributed by atoms with E-state index in [2.05, 4.69) is 21.7 Å². The summed E-state index contributed by atoms with van der Waals surface area (Å²) in [7, 11) is 1.98. The third-order valence-electron chi connectivity index (χ3n) is 6.02. The normalized spacial score (nSPS) is 13.6.